The third-order valence-corrected chi connectivity index (χ3v) is 4.75. The molecule has 4 nitrogen and oxygen atoms in total. The van der Waals surface area contributed by atoms with Crippen molar-refractivity contribution in [3.8, 4) is 23.3 Å². The van der Waals surface area contributed by atoms with Gasteiger partial charge in [0, 0.05) is 23.7 Å². The van der Waals surface area contributed by atoms with Gasteiger partial charge in [-0.1, -0.05) is 56.3 Å². The summed E-state index contributed by atoms with van der Waals surface area (Å²) in [6.07, 6.45) is 1.71. The van der Waals surface area contributed by atoms with Gasteiger partial charge >= 0.3 is 0 Å². The zero-order valence-electron chi connectivity index (χ0n) is 16.4. The van der Waals surface area contributed by atoms with Crippen LogP contribution in [0.25, 0.3) is 0 Å². The lowest BCUT2D eigenvalue weighted by atomic mass is 9.81. The number of hydrogen-bond acceptors (Lipinski definition) is 4. The zero-order valence-corrected chi connectivity index (χ0v) is 16.4. The van der Waals surface area contributed by atoms with Crippen LogP contribution in [0.15, 0.2) is 97.2 Å². The van der Waals surface area contributed by atoms with Crippen molar-refractivity contribution >= 4 is 0 Å². The Balaban J connectivity index is 1.60. The van der Waals surface area contributed by atoms with Crippen molar-refractivity contribution in [1.82, 2.24) is 9.97 Å². The summed E-state index contributed by atoms with van der Waals surface area (Å²) < 4.78 is 11.8. The van der Waals surface area contributed by atoms with Gasteiger partial charge in [0.2, 0.25) is 11.8 Å². The molecule has 0 aliphatic rings. The Bertz CT molecular complexity index is 993. The van der Waals surface area contributed by atoms with Crippen LogP contribution in [0.3, 0.4) is 0 Å². The number of nitrogens with zero attached hydrogens (tertiary/aromatic N) is 2. The first-order valence-corrected chi connectivity index (χ1v) is 9.51. The van der Waals surface area contributed by atoms with Crippen molar-refractivity contribution in [2.75, 3.05) is 0 Å². The highest BCUT2D eigenvalue weighted by atomic mass is 16.5. The van der Waals surface area contributed by atoms with Crippen LogP contribution in [-0.2, 0) is 5.41 Å². The van der Waals surface area contributed by atoms with Crippen LogP contribution in [0.2, 0.25) is 0 Å². The van der Waals surface area contributed by atoms with E-state index in [2.05, 4.69) is 24.9 Å². The van der Waals surface area contributed by atoms with Crippen LogP contribution in [0, 0.1) is 0 Å². The van der Waals surface area contributed by atoms with Crippen molar-refractivity contribution < 1.29 is 9.47 Å². The molecule has 0 saturated carbocycles. The molecule has 0 saturated heterocycles. The van der Waals surface area contributed by atoms with E-state index in [4.69, 9.17) is 14.5 Å². The normalized spacial score (nSPS) is 11.1. The highest BCUT2D eigenvalue weighted by Gasteiger charge is 2.26. The maximum absolute atomic E-state index is 5.91. The Labute approximate surface area is 170 Å². The van der Waals surface area contributed by atoms with Crippen molar-refractivity contribution in [3.63, 3.8) is 0 Å². The molecule has 0 amide bonds. The highest BCUT2D eigenvalue weighted by molar-refractivity contribution is 5.41. The van der Waals surface area contributed by atoms with Gasteiger partial charge in [0.05, 0.1) is 5.69 Å². The summed E-state index contributed by atoms with van der Waals surface area (Å²) in [5.41, 5.74) is 1.68. The first-order valence-electron chi connectivity index (χ1n) is 9.51. The number of benzene rings is 2. The van der Waals surface area contributed by atoms with E-state index in [0.29, 0.717) is 11.8 Å². The van der Waals surface area contributed by atoms with Crippen LogP contribution >= 0.6 is 0 Å². The largest absolute Gasteiger partial charge is 0.439 e. The standard InChI is InChI=1S/C25H22N2O2/c1-25(2,19-10-8-13-21(18-19)29-23-15-6-7-17-26-23)22-14-9-16-24(27-22)28-20-11-4-3-5-12-20/h3-18H,1-2H3. The van der Waals surface area contributed by atoms with Crippen LogP contribution in [0.1, 0.15) is 25.1 Å². The van der Waals surface area contributed by atoms with Crippen LogP contribution in [0.5, 0.6) is 23.3 Å². The van der Waals surface area contributed by atoms with E-state index in [0.717, 1.165) is 22.8 Å². The average Bonchev–Trinajstić information content (AvgIpc) is 2.76. The van der Waals surface area contributed by atoms with Gasteiger partial charge < -0.3 is 9.47 Å². The summed E-state index contributed by atoms with van der Waals surface area (Å²) in [5.74, 6) is 2.65. The summed E-state index contributed by atoms with van der Waals surface area (Å²) in [7, 11) is 0. The van der Waals surface area contributed by atoms with Gasteiger partial charge in [-0.05, 0) is 42.0 Å². The minimum Gasteiger partial charge on any atom is -0.439 e. The maximum atomic E-state index is 5.91. The second kappa shape index (κ2) is 8.15. The summed E-state index contributed by atoms with van der Waals surface area (Å²) in [5, 5.41) is 0. The van der Waals surface area contributed by atoms with Gasteiger partial charge in [-0.25, -0.2) is 9.97 Å². The van der Waals surface area contributed by atoms with Crippen molar-refractivity contribution in [1.29, 1.82) is 0 Å². The first-order chi connectivity index (χ1) is 14.1. The van der Waals surface area contributed by atoms with Crippen LogP contribution in [-0.4, -0.2) is 9.97 Å². The third-order valence-electron chi connectivity index (χ3n) is 4.75. The van der Waals surface area contributed by atoms with E-state index in [-0.39, 0.29) is 5.41 Å². The monoisotopic (exact) mass is 382 g/mol. The Kier molecular flexibility index (Phi) is 5.25. The lowest BCUT2D eigenvalue weighted by Crippen LogP contribution is -2.20. The molecule has 0 fully saturated rings. The van der Waals surface area contributed by atoms with Gasteiger partial charge in [0.25, 0.3) is 0 Å². The highest BCUT2D eigenvalue weighted by Crippen LogP contribution is 2.34. The molecular formula is C25H22N2O2. The molecule has 0 aliphatic carbocycles. The third kappa shape index (κ3) is 4.43. The average molecular weight is 382 g/mol. The van der Waals surface area contributed by atoms with E-state index in [9.17, 15) is 0 Å². The summed E-state index contributed by atoms with van der Waals surface area (Å²) in [4.78, 5) is 8.98. The number of rotatable bonds is 6. The molecule has 2 heterocycles. The second-order valence-electron chi connectivity index (χ2n) is 7.20. The van der Waals surface area contributed by atoms with E-state index < -0.39 is 0 Å². The Morgan fingerprint density at radius 3 is 2.14 bits per heavy atom. The predicted molar refractivity (Wildman–Crippen MR) is 114 cm³/mol. The number of ether oxygens (including phenoxy) is 2. The molecular weight excluding hydrogens is 360 g/mol. The number of para-hydroxylation sites is 1. The van der Waals surface area contributed by atoms with Gasteiger partial charge in [-0.2, -0.15) is 0 Å². The summed E-state index contributed by atoms with van der Waals surface area (Å²) >= 11 is 0. The van der Waals surface area contributed by atoms with Crippen LogP contribution in [0.4, 0.5) is 0 Å². The fourth-order valence-corrected chi connectivity index (χ4v) is 3.05. The van der Waals surface area contributed by atoms with Crippen molar-refractivity contribution in [2.45, 2.75) is 19.3 Å². The minimum absolute atomic E-state index is 0.334. The molecule has 0 unspecified atom stereocenters. The first kappa shape index (κ1) is 18.7. The smallest absolute Gasteiger partial charge is 0.219 e. The number of hydrogen-bond donors (Lipinski definition) is 0. The van der Waals surface area contributed by atoms with E-state index in [1.807, 2.05) is 84.9 Å². The quantitative estimate of drug-likeness (QED) is 0.388. The Morgan fingerprint density at radius 2 is 1.34 bits per heavy atom. The lowest BCUT2D eigenvalue weighted by Gasteiger charge is -2.25. The van der Waals surface area contributed by atoms with Crippen molar-refractivity contribution in [3.05, 3.63) is 108 Å². The van der Waals surface area contributed by atoms with Crippen LogP contribution < -0.4 is 9.47 Å². The number of pyridine rings is 2. The fourth-order valence-electron chi connectivity index (χ4n) is 3.05. The minimum atomic E-state index is -0.334. The molecule has 144 valence electrons. The maximum Gasteiger partial charge on any atom is 0.219 e. The van der Waals surface area contributed by atoms with Gasteiger partial charge in [-0.15, -0.1) is 0 Å². The van der Waals surface area contributed by atoms with E-state index in [1.54, 1.807) is 6.20 Å². The number of aromatic nitrogens is 2. The molecule has 2 aromatic heterocycles. The topological polar surface area (TPSA) is 44.2 Å². The Morgan fingerprint density at radius 1 is 0.655 bits per heavy atom. The summed E-state index contributed by atoms with van der Waals surface area (Å²) in [6, 6.07) is 29.1. The molecule has 0 aliphatic heterocycles. The molecule has 4 aromatic rings. The van der Waals surface area contributed by atoms with E-state index in [1.165, 1.54) is 0 Å². The molecule has 0 spiro atoms. The fraction of sp³-hybridized carbons (Fsp3) is 0.120. The lowest BCUT2D eigenvalue weighted by molar-refractivity contribution is 0.453. The van der Waals surface area contributed by atoms with Crippen molar-refractivity contribution in [2.24, 2.45) is 0 Å². The molecule has 4 heteroatoms. The second-order valence-corrected chi connectivity index (χ2v) is 7.20. The van der Waals surface area contributed by atoms with E-state index >= 15 is 0 Å². The van der Waals surface area contributed by atoms with Gasteiger partial charge in [0.1, 0.15) is 11.5 Å². The zero-order chi connectivity index (χ0) is 20.1. The molecule has 29 heavy (non-hydrogen) atoms. The molecule has 0 atom stereocenters. The molecule has 0 radical (unpaired) electrons. The van der Waals surface area contributed by atoms with Gasteiger partial charge in [0.15, 0.2) is 0 Å². The van der Waals surface area contributed by atoms with Gasteiger partial charge in [-0.3, -0.25) is 0 Å². The SMILES string of the molecule is CC(C)(c1cccc(Oc2ccccn2)c1)c1cccc(Oc2ccccc2)n1. The molecule has 2 aromatic carbocycles. The molecule has 4 rings (SSSR count). The Hall–Kier alpha value is -3.66. The molecule has 0 N–H and O–H groups in total. The predicted octanol–water partition coefficient (Wildman–Crippen LogP) is 6.39. The summed E-state index contributed by atoms with van der Waals surface area (Å²) in [6.45, 7) is 4.28. The molecule has 0 bridgehead atoms.